The van der Waals surface area contributed by atoms with Gasteiger partial charge in [0.1, 0.15) is 5.84 Å². The van der Waals surface area contributed by atoms with Crippen LogP contribution in [-0.2, 0) is 4.74 Å². The zero-order valence-electron chi connectivity index (χ0n) is 10.6. The average Bonchev–Trinajstić information content (AvgIpc) is 2.14. The van der Waals surface area contributed by atoms with Gasteiger partial charge in [-0.1, -0.05) is 25.9 Å². The number of rotatable bonds is 4. The topological polar surface area (TPSA) is 67.8 Å². The lowest BCUT2D eigenvalue weighted by Crippen LogP contribution is -2.33. The zero-order valence-corrected chi connectivity index (χ0v) is 10.6. The minimum Gasteiger partial charge on any atom is -0.409 e. The molecule has 94 valence electrons. The Bertz CT molecular complexity index is 251. The van der Waals surface area contributed by atoms with Crippen LogP contribution in [0, 0.1) is 11.3 Å². The van der Waals surface area contributed by atoms with Crippen LogP contribution in [-0.4, -0.2) is 23.8 Å². The van der Waals surface area contributed by atoms with Crippen molar-refractivity contribution in [1.29, 1.82) is 0 Å². The van der Waals surface area contributed by atoms with E-state index in [1.807, 2.05) is 0 Å². The molecule has 1 saturated carbocycles. The summed E-state index contributed by atoms with van der Waals surface area (Å²) in [6.45, 7) is 7.41. The van der Waals surface area contributed by atoms with E-state index >= 15 is 0 Å². The third kappa shape index (κ3) is 4.39. The van der Waals surface area contributed by atoms with E-state index < -0.39 is 0 Å². The van der Waals surface area contributed by atoms with Crippen LogP contribution in [0.1, 0.15) is 46.5 Å². The minimum absolute atomic E-state index is 0.239. The van der Waals surface area contributed by atoms with Gasteiger partial charge >= 0.3 is 0 Å². The second kappa shape index (κ2) is 5.53. The molecular weight excluding hydrogens is 204 g/mol. The first-order chi connectivity index (χ1) is 7.43. The molecule has 1 aliphatic carbocycles. The van der Waals surface area contributed by atoms with Gasteiger partial charge in [-0.25, -0.2) is 0 Å². The van der Waals surface area contributed by atoms with Gasteiger partial charge in [0.05, 0.1) is 12.7 Å². The Kier molecular flexibility index (Phi) is 4.59. The zero-order chi connectivity index (χ0) is 12.2. The summed E-state index contributed by atoms with van der Waals surface area (Å²) < 4.78 is 5.79. The summed E-state index contributed by atoms with van der Waals surface area (Å²) in [6.07, 6.45) is 4.33. The molecule has 4 heteroatoms. The summed E-state index contributed by atoms with van der Waals surface area (Å²) in [6, 6.07) is 0. The number of hydrogen-bond acceptors (Lipinski definition) is 3. The summed E-state index contributed by atoms with van der Waals surface area (Å²) in [5.74, 6) is 0.959. The van der Waals surface area contributed by atoms with Crippen LogP contribution in [0.4, 0.5) is 0 Å². The van der Waals surface area contributed by atoms with Crippen molar-refractivity contribution in [2.45, 2.75) is 52.6 Å². The van der Waals surface area contributed by atoms with Gasteiger partial charge in [0.15, 0.2) is 0 Å². The van der Waals surface area contributed by atoms with Crippen molar-refractivity contribution in [3.05, 3.63) is 0 Å². The van der Waals surface area contributed by atoms with Crippen molar-refractivity contribution in [2.24, 2.45) is 22.2 Å². The van der Waals surface area contributed by atoms with Crippen molar-refractivity contribution >= 4 is 5.84 Å². The largest absolute Gasteiger partial charge is 0.409 e. The predicted molar refractivity (Wildman–Crippen MR) is 64.6 cm³/mol. The lowest BCUT2D eigenvalue weighted by Gasteiger charge is -2.38. The first-order valence-electron chi connectivity index (χ1n) is 6.01. The van der Waals surface area contributed by atoms with Crippen LogP contribution in [0.2, 0.25) is 0 Å². The second-order valence-electron chi connectivity index (χ2n) is 5.75. The van der Waals surface area contributed by atoms with Crippen LogP contribution in [0.5, 0.6) is 0 Å². The Hall–Kier alpha value is -0.770. The molecule has 3 N–H and O–H groups in total. The lowest BCUT2D eigenvalue weighted by molar-refractivity contribution is -0.0201. The Labute approximate surface area is 97.8 Å². The number of nitrogens with two attached hydrogens (primary N) is 1. The fourth-order valence-electron chi connectivity index (χ4n) is 2.77. The molecule has 0 aromatic rings. The fourth-order valence-corrected chi connectivity index (χ4v) is 2.77. The van der Waals surface area contributed by atoms with Crippen LogP contribution in [0.15, 0.2) is 5.16 Å². The van der Waals surface area contributed by atoms with Crippen molar-refractivity contribution in [1.82, 2.24) is 0 Å². The third-order valence-corrected chi connectivity index (χ3v) is 3.19. The SMILES string of the molecule is CC1CC(OCC/C(N)=N/O)CC(C)(C)C1. The maximum absolute atomic E-state index is 8.40. The van der Waals surface area contributed by atoms with Gasteiger partial charge in [-0.3, -0.25) is 0 Å². The number of oxime groups is 1. The normalized spacial score (nSPS) is 30.3. The molecule has 2 atom stereocenters. The Morgan fingerprint density at radius 1 is 1.50 bits per heavy atom. The van der Waals surface area contributed by atoms with E-state index in [-0.39, 0.29) is 5.84 Å². The highest BCUT2D eigenvalue weighted by Crippen LogP contribution is 2.39. The molecule has 1 aliphatic rings. The van der Waals surface area contributed by atoms with Crippen molar-refractivity contribution < 1.29 is 9.94 Å². The highest BCUT2D eigenvalue weighted by atomic mass is 16.5. The van der Waals surface area contributed by atoms with Crippen LogP contribution < -0.4 is 5.73 Å². The quantitative estimate of drug-likeness (QED) is 0.336. The van der Waals surface area contributed by atoms with E-state index in [0.717, 1.165) is 18.8 Å². The first-order valence-corrected chi connectivity index (χ1v) is 6.01. The minimum atomic E-state index is 0.239. The van der Waals surface area contributed by atoms with E-state index in [1.165, 1.54) is 6.42 Å². The molecule has 2 unspecified atom stereocenters. The van der Waals surface area contributed by atoms with Gasteiger partial charge in [0, 0.05) is 6.42 Å². The molecule has 4 nitrogen and oxygen atoms in total. The summed E-state index contributed by atoms with van der Waals surface area (Å²) in [4.78, 5) is 0. The third-order valence-electron chi connectivity index (χ3n) is 3.19. The van der Waals surface area contributed by atoms with E-state index in [1.54, 1.807) is 0 Å². The number of hydrogen-bond donors (Lipinski definition) is 2. The standard InChI is InChI=1S/C12H24N2O2/c1-9-6-10(8-12(2,3)7-9)16-5-4-11(13)14-15/h9-10,15H,4-8H2,1-3H3,(H2,13,14). The van der Waals surface area contributed by atoms with Gasteiger partial charge in [-0.15, -0.1) is 0 Å². The molecule has 0 bridgehead atoms. The van der Waals surface area contributed by atoms with E-state index in [9.17, 15) is 0 Å². The molecule has 0 radical (unpaired) electrons. The molecule has 1 rings (SSSR count). The molecule has 0 amide bonds. The van der Waals surface area contributed by atoms with E-state index in [2.05, 4.69) is 25.9 Å². The maximum Gasteiger partial charge on any atom is 0.141 e. The smallest absolute Gasteiger partial charge is 0.141 e. The summed E-state index contributed by atoms with van der Waals surface area (Å²) in [7, 11) is 0. The molecule has 0 heterocycles. The highest BCUT2D eigenvalue weighted by Gasteiger charge is 2.32. The monoisotopic (exact) mass is 228 g/mol. The van der Waals surface area contributed by atoms with Crippen molar-refractivity contribution in [3.63, 3.8) is 0 Å². The van der Waals surface area contributed by atoms with Gasteiger partial charge in [0.25, 0.3) is 0 Å². The fraction of sp³-hybridized carbons (Fsp3) is 0.917. The Balaban J connectivity index is 2.31. The van der Waals surface area contributed by atoms with Crippen LogP contribution in [0.25, 0.3) is 0 Å². The molecule has 0 spiro atoms. The number of amidine groups is 1. The molecule has 0 aromatic carbocycles. The van der Waals surface area contributed by atoms with Crippen LogP contribution >= 0.6 is 0 Å². The number of nitrogens with zero attached hydrogens (tertiary/aromatic N) is 1. The predicted octanol–water partition coefficient (Wildman–Crippen LogP) is 2.35. The first kappa shape index (κ1) is 13.3. The van der Waals surface area contributed by atoms with E-state index in [4.69, 9.17) is 15.7 Å². The molecule has 0 aromatic heterocycles. The maximum atomic E-state index is 8.40. The summed E-state index contributed by atoms with van der Waals surface area (Å²) in [5, 5.41) is 11.3. The average molecular weight is 228 g/mol. The Morgan fingerprint density at radius 3 is 2.75 bits per heavy atom. The summed E-state index contributed by atoms with van der Waals surface area (Å²) in [5.41, 5.74) is 5.76. The van der Waals surface area contributed by atoms with E-state index in [0.29, 0.717) is 24.5 Å². The molecule has 16 heavy (non-hydrogen) atoms. The molecular formula is C12H24N2O2. The summed E-state index contributed by atoms with van der Waals surface area (Å²) >= 11 is 0. The van der Waals surface area contributed by atoms with Gasteiger partial charge in [-0.05, 0) is 30.6 Å². The van der Waals surface area contributed by atoms with Gasteiger partial charge < -0.3 is 15.7 Å². The molecule has 0 saturated heterocycles. The second-order valence-corrected chi connectivity index (χ2v) is 5.75. The Morgan fingerprint density at radius 2 is 2.19 bits per heavy atom. The molecule has 0 aliphatic heterocycles. The highest BCUT2D eigenvalue weighted by molar-refractivity contribution is 5.79. The lowest BCUT2D eigenvalue weighted by atomic mass is 9.71. The number of ether oxygens (including phenoxy) is 1. The van der Waals surface area contributed by atoms with Crippen molar-refractivity contribution in [3.8, 4) is 0 Å². The molecule has 1 fully saturated rings. The van der Waals surface area contributed by atoms with Crippen LogP contribution in [0.3, 0.4) is 0 Å². The van der Waals surface area contributed by atoms with Gasteiger partial charge in [0.2, 0.25) is 0 Å². The van der Waals surface area contributed by atoms with Crippen molar-refractivity contribution in [2.75, 3.05) is 6.61 Å². The van der Waals surface area contributed by atoms with Gasteiger partial charge in [-0.2, -0.15) is 0 Å².